The molecule has 0 radical (unpaired) electrons. The minimum atomic E-state index is -0.335. The van der Waals surface area contributed by atoms with Gasteiger partial charge in [0.1, 0.15) is 28.8 Å². The number of anilines is 1. The third kappa shape index (κ3) is 7.45. The number of hydrogen-bond acceptors (Lipinski definition) is 9. The number of nitrogens with one attached hydrogen (secondary N) is 2. The Morgan fingerprint density at radius 2 is 1.88 bits per heavy atom. The SMILES string of the molecule is CNc1ncc2cc(-c3cc(OC)cc(OC)c3Cl)c(=O)n(CCN3CCC(NC(=O)/C(C#N)=C/C(C)(C)C)CC3)c2n1. The Morgan fingerprint density at radius 1 is 1.16 bits per heavy atom. The summed E-state index contributed by atoms with van der Waals surface area (Å²) in [7, 11) is 4.77. The minimum absolute atomic E-state index is 0.0246. The number of ether oxygens (including phenoxy) is 2. The molecular formula is C31H38ClN7O4. The van der Waals surface area contributed by atoms with Gasteiger partial charge in [0.15, 0.2) is 0 Å². The summed E-state index contributed by atoms with van der Waals surface area (Å²) in [6, 6.07) is 7.13. The van der Waals surface area contributed by atoms with Gasteiger partial charge in [-0.25, -0.2) is 4.98 Å². The van der Waals surface area contributed by atoms with Crippen LogP contribution in [0.3, 0.4) is 0 Å². The lowest BCUT2D eigenvalue weighted by Gasteiger charge is -2.32. The van der Waals surface area contributed by atoms with Crippen LogP contribution in [0.2, 0.25) is 5.02 Å². The van der Waals surface area contributed by atoms with E-state index in [9.17, 15) is 14.9 Å². The predicted molar refractivity (Wildman–Crippen MR) is 168 cm³/mol. The zero-order valence-electron chi connectivity index (χ0n) is 25.5. The zero-order valence-corrected chi connectivity index (χ0v) is 26.2. The molecule has 0 unspecified atom stereocenters. The monoisotopic (exact) mass is 607 g/mol. The Hall–Kier alpha value is -4.14. The van der Waals surface area contributed by atoms with Gasteiger partial charge in [0.25, 0.3) is 11.5 Å². The van der Waals surface area contributed by atoms with Crippen LogP contribution in [0.4, 0.5) is 5.95 Å². The Balaban J connectivity index is 1.57. The fraction of sp³-hybridized carbons (Fsp3) is 0.452. The molecule has 0 aliphatic carbocycles. The van der Waals surface area contributed by atoms with Gasteiger partial charge in [-0.15, -0.1) is 0 Å². The highest BCUT2D eigenvalue weighted by Crippen LogP contribution is 2.38. The topological polar surface area (TPSA) is 134 Å². The molecule has 1 amide bonds. The summed E-state index contributed by atoms with van der Waals surface area (Å²) < 4.78 is 12.5. The van der Waals surface area contributed by atoms with Gasteiger partial charge in [0.05, 0.1) is 19.2 Å². The van der Waals surface area contributed by atoms with Crippen molar-refractivity contribution >= 4 is 34.5 Å². The molecule has 4 rings (SSSR count). The predicted octanol–water partition coefficient (Wildman–Crippen LogP) is 4.25. The van der Waals surface area contributed by atoms with E-state index in [2.05, 4.69) is 25.5 Å². The normalized spacial score (nSPS) is 14.8. The minimum Gasteiger partial charge on any atom is -0.497 e. The Kier molecular flexibility index (Phi) is 9.94. The van der Waals surface area contributed by atoms with E-state index >= 15 is 0 Å². The number of aromatic nitrogens is 3. The molecule has 0 bridgehead atoms. The summed E-state index contributed by atoms with van der Waals surface area (Å²) in [5.41, 5.74) is 1.00. The van der Waals surface area contributed by atoms with Crippen molar-refractivity contribution in [1.29, 1.82) is 5.26 Å². The molecular weight excluding hydrogens is 570 g/mol. The molecule has 3 aromatic rings. The van der Waals surface area contributed by atoms with Gasteiger partial charge in [-0.1, -0.05) is 38.4 Å². The van der Waals surface area contributed by atoms with E-state index in [0.717, 1.165) is 25.9 Å². The van der Waals surface area contributed by atoms with Crippen LogP contribution in [-0.4, -0.2) is 72.3 Å². The fourth-order valence-corrected chi connectivity index (χ4v) is 5.39. The number of rotatable bonds is 9. The first kappa shape index (κ1) is 31.8. The van der Waals surface area contributed by atoms with E-state index < -0.39 is 0 Å². The average molecular weight is 608 g/mol. The molecule has 2 aromatic heterocycles. The highest BCUT2D eigenvalue weighted by Gasteiger charge is 2.24. The van der Waals surface area contributed by atoms with Crippen LogP contribution in [0.1, 0.15) is 33.6 Å². The fourth-order valence-electron chi connectivity index (χ4n) is 5.10. The Bertz CT molecular complexity index is 1630. The second-order valence-electron chi connectivity index (χ2n) is 11.6. The number of benzene rings is 1. The van der Waals surface area contributed by atoms with Gasteiger partial charge in [-0.05, 0) is 30.4 Å². The summed E-state index contributed by atoms with van der Waals surface area (Å²) in [6.45, 7) is 8.30. The lowest BCUT2D eigenvalue weighted by Crippen LogP contribution is -2.46. The van der Waals surface area contributed by atoms with Crippen molar-refractivity contribution in [3.8, 4) is 28.7 Å². The number of pyridine rings is 1. The summed E-state index contributed by atoms with van der Waals surface area (Å²) in [5, 5.41) is 16.4. The molecule has 11 nitrogen and oxygen atoms in total. The van der Waals surface area contributed by atoms with Crippen LogP contribution in [0, 0.1) is 16.7 Å². The Labute approximate surface area is 256 Å². The first-order valence-electron chi connectivity index (χ1n) is 14.1. The van der Waals surface area contributed by atoms with Crippen LogP contribution in [-0.2, 0) is 11.3 Å². The van der Waals surface area contributed by atoms with E-state index in [1.54, 1.807) is 42.1 Å². The maximum atomic E-state index is 14.0. The van der Waals surface area contributed by atoms with Crippen molar-refractivity contribution in [2.75, 3.05) is 46.2 Å². The number of nitriles is 1. The van der Waals surface area contributed by atoms with Gasteiger partial charge in [0, 0.05) is 68.0 Å². The summed E-state index contributed by atoms with van der Waals surface area (Å²) in [4.78, 5) is 37.9. The number of likely N-dealkylation sites (tertiary alicyclic amines) is 1. The van der Waals surface area contributed by atoms with Crippen molar-refractivity contribution in [3.05, 3.63) is 51.4 Å². The molecule has 1 aliphatic heterocycles. The smallest absolute Gasteiger partial charge is 0.261 e. The molecule has 3 heterocycles. The van der Waals surface area contributed by atoms with Gasteiger partial charge in [-0.2, -0.15) is 10.2 Å². The Morgan fingerprint density at radius 3 is 2.49 bits per heavy atom. The molecule has 0 saturated carbocycles. The van der Waals surface area contributed by atoms with Crippen molar-refractivity contribution in [2.24, 2.45) is 5.41 Å². The molecule has 1 aromatic carbocycles. The molecule has 228 valence electrons. The second-order valence-corrected chi connectivity index (χ2v) is 11.9. The first-order chi connectivity index (χ1) is 20.5. The summed E-state index contributed by atoms with van der Waals surface area (Å²) in [5.74, 6) is 0.978. The highest BCUT2D eigenvalue weighted by atomic mass is 35.5. The number of methoxy groups -OCH3 is 2. The highest BCUT2D eigenvalue weighted by molar-refractivity contribution is 6.35. The second kappa shape index (κ2) is 13.4. The third-order valence-corrected chi connectivity index (χ3v) is 7.70. The maximum absolute atomic E-state index is 14.0. The zero-order chi connectivity index (χ0) is 31.3. The quantitative estimate of drug-likeness (QED) is 0.270. The number of carbonyl (C=O) groups excluding carboxylic acids is 1. The molecule has 2 N–H and O–H groups in total. The molecule has 1 aliphatic rings. The van der Waals surface area contributed by atoms with Gasteiger partial charge in [0.2, 0.25) is 5.95 Å². The first-order valence-corrected chi connectivity index (χ1v) is 14.5. The molecule has 12 heteroatoms. The van der Waals surface area contributed by atoms with E-state index in [4.69, 9.17) is 21.1 Å². The van der Waals surface area contributed by atoms with Crippen molar-refractivity contribution < 1.29 is 14.3 Å². The number of piperidine rings is 1. The number of carbonyl (C=O) groups is 1. The number of halogens is 1. The lowest BCUT2D eigenvalue weighted by atomic mass is 9.93. The van der Waals surface area contributed by atoms with Crippen molar-refractivity contribution in [3.63, 3.8) is 0 Å². The maximum Gasteiger partial charge on any atom is 0.261 e. The number of fused-ring (bicyclic) bond motifs is 1. The third-order valence-electron chi connectivity index (χ3n) is 7.31. The van der Waals surface area contributed by atoms with E-state index in [-0.39, 0.29) is 28.5 Å². The van der Waals surface area contributed by atoms with Crippen molar-refractivity contribution in [2.45, 2.75) is 46.2 Å². The number of amides is 1. The summed E-state index contributed by atoms with van der Waals surface area (Å²) in [6.07, 6.45) is 4.85. The van der Waals surface area contributed by atoms with Crippen LogP contribution in [0.15, 0.2) is 40.8 Å². The number of nitrogens with zero attached hydrogens (tertiary/aromatic N) is 5. The van der Waals surface area contributed by atoms with Crippen LogP contribution in [0.25, 0.3) is 22.2 Å². The van der Waals surface area contributed by atoms with Crippen LogP contribution in [0.5, 0.6) is 11.5 Å². The van der Waals surface area contributed by atoms with E-state index in [1.165, 1.54) is 14.2 Å². The van der Waals surface area contributed by atoms with E-state index in [0.29, 0.717) is 57.7 Å². The average Bonchev–Trinajstić information content (AvgIpc) is 2.99. The molecule has 1 saturated heterocycles. The van der Waals surface area contributed by atoms with Gasteiger partial charge >= 0.3 is 0 Å². The molecule has 0 atom stereocenters. The van der Waals surface area contributed by atoms with Crippen LogP contribution < -0.4 is 25.7 Å². The van der Waals surface area contributed by atoms with Crippen molar-refractivity contribution in [1.82, 2.24) is 24.8 Å². The number of allylic oxidation sites excluding steroid dienone is 1. The lowest BCUT2D eigenvalue weighted by molar-refractivity contribution is -0.118. The molecule has 0 spiro atoms. The van der Waals surface area contributed by atoms with Crippen LogP contribution >= 0.6 is 11.6 Å². The standard InChI is InChI=1S/C31H38ClN7O4/c1-31(2,3)16-20(17-33)28(40)36-21-7-9-38(10-8-21)11-12-39-27-19(18-35-30(34-4)37-27)13-24(29(39)41)23-14-22(42-5)15-25(43-6)26(23)32/h13-16,18,21H,7-12H2,1-6H3,(H,36,40)(H,34,35,37)/b20-16+. The van der Waals surface area contributed by atoms with Gasteiger partial charge < -0.3 is 25.0 Å². The largest absolute Gasteiger partial charge is 0.497 e. The van der Waals surface area contributed by atoms with Gasteiger partial charge in [-0.3, -0.25) is 14.2 Å². The molecule has 1 fully saturated rings. The van der Waals surface area contributed by atoms with E-state index in [1.807, 2.05) is 26.8 Å². The summed E-state index contributed by atoms with van der Waals surface area (Å²) >= 11 is 6.67. The molecule has 43 heavy (non-hydrogen) atoms. The number of hydrogen-bond donors (Lipinski definition) is 2.